The molecule has 2 aromatic carbocycles. The van der Waals surface area contributed by atoms with Gasteiger partial charge in [0.1, 0.15) is 6.54 Å². The molecule has 1 N–H and O–H groups in total. The van der Waals surface area contributed by atoms with E-state index in [9.17, 15) is 18.0 Å². The number of nitrogens with one attached hydrogen (secondary N) is 1. The van der Waals surface area contributed by atoms with Gasteiger partial charge < -0.3 is 5.32 Å². The molecule has 10 heteroatoms. The fourth-order valence-electron chi connectivity index (χ4n) is 2.34. The Kier molecular flexibility index (Phi) is 6.25. The average molecular weight is 427 g/mol. The Labute approximate surface area is 167 Å². The zero-order valence-corrected chi connectivity index (χ0v) is 15.9. The van der Waals surface area contributed by atoms with Crippen LogP contribution in [0.5, 0.6) is 0 Å². The molecular formula is C18H14ClF3N4OS. The highest BCUT2D eigenvalue weighted by molar-refractivity contribution is 7.99. The number of halogens is 4. The van der Waals surface area contributed by atoms with E-state index in [0.29, 0.717) is 16.0 Å². The minimum absolute atomic E-state index is 0.221. The van der Waals surface area contributed by atoms with Crippen LogP contribution in [0, 0.1) is 0 Å². The summed E-state index contributed by atoms with van der Waals surface area (Å²) < 4.78 is 38.4. The van der Waals surface area contributed by atoms with Gasteiger partial charge in [-0.2, -0.15) is 13.2 Å². The lowest BCUT2D eigenvalue weighted by Crippen LogP contribution is -2.34. The maximum atomic E-state index is 12.2. The van der Waals surface area contributed by atoms with Crippen molar-refractivity contribution < 1.29 is 18.0 Å². The molecule has 3 rings (SSSR count). The van der Waals surface area contributed by atoms with Gasteiger partial charge in [-0.25, -0.2) is 0 Å². The lowest BCUT2D eigenvalue weighted by Gasteiger charge is -2.11. The molecule has 0 bridgehead atoms. The number of hydrogen-bond donors (Lipinski definition) is 1. The van der Waals surface area contributed by atoms with E-state index in [-0.39, 0.29) is 5.75 Å². The largest absolute Gasteiger partial charge is 0.405 e. The molecule has 0 saturated carbocycles. The molecule has 1 amide bonds. The Bertz CT molecular complexity index is 946. The number of aromatic nitrogens is 3. The van der Waals surface area contributed by atoms with Crippen LogP contribution >= 0.6 is 23.4 Å². The van der Waals surface area contributed by atoms with Crippen LogP contribution in [-0.4, -0.2) is 39.1 Å². The molecule has 0 unspecified atom stereocenters. The van der Waals surface area contributed by atoms with Crippen molar-refractivity contribution in [3.8, 4) is 17.1 Å². The molecular weight excluding hydrogens is 413 g/mol. The standard InChI is InChI=1S/C18H14ClF3N4OS/c19-13-8-6-12(7-9-13)16-24-25-17(26(16)14-4-2-1-3-5-14)28-10-15(27)23-11-18(20,21)22/h1-9H,10-11H2,(H,23,27). The third-order valence-electron chi connectivity index (χ3n) is 3.57. The van der Waals surface area contributed by atoms with E-state index in [0.717, 1.165) is 23.0 Å². The first-order valence-corrected chi connectivity index (χ1v) is 9.43. The summed E-state index contributed by atoms with van der Waals surface area (Å²) >= 11 is 6.94. The summed E-state index contributed by atoms with van der Waals surface area (Å²) in [5, 5.41) is 11.1. The molecule has 1 heterocycles. The minimum atomic E-state index is -4.45. The number of amides is 1. The Morgan fingerprint density at radius 2 is 1.75 bits per heavy atom. The molecule has 0 aliphatic heterocycles. The first-order valence-electron chi connectivity index (χ1n) is 8.06. The molecule has 0 saturated heterocycles. The number of rotatable bonds is 6. The van der Waals surface area contributed by atoms with Gasteiger partial charge in [-0.15, -0.1) is 10.2 Å². The van der Waals surface area contributed by atoms with Crippen LogP contribution in [0.4, 0.5) is 13.2 Å². The molecule has 0 fully saturated rings. The zero-order valence-electron chi connectivity index (χ0n) is 14.3. The number of thioether (sulfide) groups is 1. The fourth-order valence-corrected chi connectivity index (χ4v) is 3.25. The van der Waals surface area contributed by atoms with Crippen molar-refractivity contribution in [1.82, 2.24) is 20.1 Å². The van der Waals surface area contributed by atoms with Gasteiger partial charge in [0, 0.05) is 16.3 Å². The van der Waals surface area contributed by atoms with Crippen molar-refractivity contribution in [1.29, 1.82) is 0 Å². The monoisotopic (exact) mass is 426 g/mol. The highest BCUT2D eigenvalue weighted by Crippen LogP contribution is 2.28. The van der Waals surface area contributed by atoms with Crippen LogP contribution in [0.25, 0.3) is 17.1 Å². The van der Waals surface area contributed by atoms with Crippen LogP contribution in [0.3, 0.4) is 0 Å². The van der Waals surface area contributed by atoms with Crippen molar-refractivity contribution in [3.05, 3.63) is 59.6 Å². The minimum Gasteiger partial charge on any atom is -0.346 e. The smallest absolute Gasteiger partial charge is 0.346 e. The van der Waals surface area contributed by atoms with Gasteiger partial charge in [0.2, 0.25) is 5.91 Å². The molecule has 0 aliphatic carbocycles. The predicted octanol–water partition coefficient (Wildman–Crippen LogP) is 4.36. The summed E-state index contributed by atoms with van der Waals surface area (Å²) in [5.41, 5.74) is 1.52. The number of nitrogens with zero attached hydrogens (tertiary/aromatic N) is 3. The van der Waals surface area contributed by atoms with E-state index >= 15 is 0 Å². The molecule has 146 valence electrons. The molecule has 3 aromatic rings. The predicted molar refractivity (Wildman–Crippen MR) is 102 cm³/mol. The van der Waals surface area contributed by atoms with Gasteiger partial charge in [-0.05, 0) is 36.4 Å². The lowest BCUT2D eigenvalue weighted by atomic mass is 10.2. The third kappa shape index (κ3) is 5.26. The van der Waals surface area contributed by atoms with Crippen molar-refractivity contribution in [2.45, 2.75) is 11.3 Å². The van der Waals surface area contributed by atoms with Gasteiger partial charge in [0.05, 0.1) is 5.75 Å². The number of carbonyl (C=O) groups is 1. The zero-order chi connectivity index (χ0) is 20.1. The van der Waals surface area contributed by atoms with Crippen LogP contribution in [0.15, 0.2) is 59.8 Å². The summed E-state index contributed by atoms with van der Waals surface area (Å²) in [6.07, 6.45) is -4.45. The van der Waals surface area contributed by atoms with E-state index in [4.69, 9.17) is 11.6 Å². The first kappa shape index (κ1) is 20.2. The number of carbonyl (C=O) groups excluding carboxylic acids is 1. The van der Waals surface area contributed by atoms with Gasteiger partial charge in [-0.3, -0.25) is 9.36 Å². The van der Waals surface area contributed by atoms with Crippen molar-refractivity contribution in [2.24, 2.45) is 0 Å². The maximum absolute atomic E-state index is 12.2. The van der Waals surface area contributed by atoms with Crippen LogP contribution in [0.1, 0.15) is 0 Å². The fraction of sp³-hybridized carbons (Fsp3) is 0.167. The highest BCUT2D eigenvalue weighted by atomic mass is 35.5. The van der Waals surface area contributed by atoms with Gasteiger partial charge in [0.25, 0.3) is 0 Å². The summed E-state index contributed by atoms with van der Waals surface area (Å²) in [7, 11) is 0. The molecule has 0 spiro atoms. The second kappa shape index (κ2) is 8.66. The SMILES string of the molecule is O=C(CSc1nnc(-c2ccc(Cl)cc2)n1-c1ccccc1)NCC(F)(F)F. The summed E-state index contributed by atoms with van der Waals surface area (Å²) in [5.74, 6) is -0.430. The number of hydrogen-bond acceptors (Lipinski definition) is 4. The lowest BCUT2D eigenvalue weighted by molar-refractivity contribution is -0.136. The van der Waals surface area contributed by atoms with E-state index < -0.39 is 18.6 Å². The van der Waals surface area contributed by atoms with Crippen LogP contribution in [0.2, 0.25) is 5.02 Å². The third-order valence-corrected chi connectivity index (χ3v) is 4.75. The van der Waals surface area contributed by atoms with Crippen LogP contribution < -0.4 is 5.32 Å². The Balaban J connectivity index is 1.85. The summed E-state index contributed by atoms with van der Waals surface area (Å²) in [6, 6.07) is 16.2. The Hall–Kier alpha value is -2.52. The van der Waals surface area contributed by atoms with Crippen LogP contribution in [-0.2, 0) is 4.79 Å². The number of benzene rings is 2. The van der Waals surface area contributed by atoms with E-state index in [2.05, 4.69) is 10.2 Å². The molecule has 28 heavy (non-hydrogen) atoms. The second-order valence-electron chi connectivity index (χ2n) is 5.66. The maximum Gasteiger partial charge on any atom is 0.405 e. The molecule has 0 radical (unpaired) electrons. The molecule has 1 aromatic heterocycles. The van der Waals surface area contributed by atoms with Crippen molar-refractivity contribution in [3.63, 3.8) is 0 Å². The Morgan fingerprint density at radius 1 is 1.07 bits per heavy atom. The Morgan fingerprint density at radius 3 is 2.39 bits per heavy atom. The highest BCUT2D eigenvalue weighted by Gasteiger charge is 2.27. The normalized spacial score (nSPS) is 11.4. The van der Waals surface area contributed by atoms with Gasteiger partial charge in [0.15, 0.2) is 11.0 Å². The number of alkyl halides is 3. The van der Waals surface area contributed by atoms with E-state index in [1.165, 1.54) is 0 Å². The van der Waals surface area contributed by atoms with E-state index in [1.807, 2.05) is 35.6 Å². The molecule has 0 atom stereocenters. The topological polar surface area (TPSA) is 59.8 Å². The quantitative estimate of drug-likeness (QED) is 0.595. The van der Waals surface area contributed by atoms with Gasteiger partial charge >= 0.3 is 6.18 Å². The summed E-state index contributed by atoms with van der Waals surface area (Å²) in [6.45, 7) is -1.37. The van der Waals surface area contributed by atoms with Crippen molar-refractivity contribution in [2.75, 3.05) is 12.3 Å². The van der Waals surface area contributed by atoms with Crippen molar-refractivity contribution >= 4 is 29.3 Å². The van der Waals surface area contributed by atoms with Gasteiger partial charge in [-0.1, -0.05) is 41.6 Å². The first-order chi connectivity index (χ1) is 13.3. The molecule has 0 aliphatic rings. The molecule has 5 nitrogen and oxygen atoms in total. The number of para-hydroxylation sites is 1. The summed E-state index contributed by atoms with van der Waals surface area (Å²) in [4.78, 5) is 11.7. The van der Waals surface area contributed by atoms with E-state index in [1.54, 1.807) is 28.8 Å². The average Bonchev–Trinajstić information content (AvgIpc) is 3.09. The second-order valence-corrected chi connectivity index (χ2v) is 7.04.